The van der Waals surface area contributed by atoms with E-state index in [4.69, 9.17) is 9.05 Å². The van der Waals surface area contributed by atoms with Crippen LogP contribution in [0, 0.1) is 18.8 Å². The second-order valence-corrected chi connectivity index (χ2v) is 10.3. The Morgan fingerprint density at radius 2 is 1.06 bits per heavy atom. The van der Waals surface area contributed by atoms with E-state index in [0.717, 1.165) is 57.8 Å². The molecule has 0 spiro atoms. The van der Waals surface area contributed by atoms with Gasteiger partial charge in [0.1, 0.15) is 0 Å². The molecule has 0 aromatic carbocycles. The van der Waals surface area contributed by atoms with E-state index in [2.05, 4.69) is 41.5 Å². The van der Waals surface area contributed by atoms with Crippen LogP contribution in [0.15, 0.2) is 0 Å². The number of rotatable bonds is 21. The molecule has 0 radical (unpaired) electrons. The van der Waals surface area contributed by atoms with E-state index in [1.807, 2.05) is 0 Å². The molecule has 0 aliphatic carbocycles. The van der Waals surface area contributed by atoms with E-state index < -0.39 is 7.82 Å². The normalized spacial score (nSPS) is 14.6. The molecule has 0 heterocycles. The maximum absolute atomic E-state index is 11.8. The Kier molecular flexibility index (Phi) is 32.3. The van der Waals surface area contributed by atoms with Gasteiger partial charge in [0, 0.05) is 0 Å². The summed E-state index contributed by atoms with van der Waals surface area (Å²) >= 11 is 0. The van der Waals surface area contributed by atoms with Crippen LogP contribution in [0.4, 0.5) is 0 Å². The summed E-state index contributed by atoms with van der Waals surface area (Å²) in [6.45, 7) is 15.0. The summed E-state index contributed by atoms with van der Waals surface area (Å²) in [5, 5.41) is 0. The first-order chi connectivity index (χ1) is 14.9. The van der Waals surface area contributed by atoms with Gasteiger partial charge in [0.2, 0.25) is 0 Å². The van der Waals surface area contributed by atoms with Crippen LogP contribution in [-0.4, -0.2) is 13.2 Å². The van der Waals surface area contributed by atoms with Gasteiger partial charge >= 0.3 is 16.5 Å². The van der Waals surface area contributed by atoms with E-state index in [1.54, 1.807) is 0 Å². The van der Waals surface area contributed by atoms with Crippen molar-refractivity contribution >= 4 is 7.82 Å². The molecule has 32 heavy (non-hydrogen) atoms. The van der Waals surface area contributed by atoms with Gasteiger partial charge in [-0.05, 0) is 24.7 Å². The van der Waals surface area contributed by atoms with Crippen molar-refractivity contribution in [3.8, 4) is 0 Å². The van der Waals surface area contributed by atoms with Crippen molar-refractivity contribution in [2.24, 2.45) is 11.8 Å². The van der Waals surface area contributed by atoms with Crippen molar-refractivity contribution in [2.45, 2.75) is 137 Å². The van der Waals surface area contributed by atoms with Crippen molar-refractivity contribution in [3.05, 3.63) is 6.92 Å². The van der Waals surface area contributed by atoms with Gasteiger partial charge in [-0.15, -0.1) is 0 Å². The molecule has 2 unspecified atom stereocenters. The first-order valence-electron chi connectivity index (χ1n) is 13.3. The average Bonchev–Trinajstić information content (AvgIpc) is 2.77. The zero-order chi connectivity index (χ0) is 23.8. The van der Waals surface area contributed by atoms with E-state index >= 15 is 0 Å². The molecule has 0 amide bonds. The average molecular weight is 521 g/mol. The molecule has 0 aromatic rings. The molecular formula is C26H55NiO4P. The Hall–Kier alpha value is 0.604. The van der Waals surface area contributed by atoms with E-state index in [-0.39, 0.29) is 29.7 Å². The third-order valence-electron chi connectivity index (χ3n) is 5.88. The predicted octanol–water partition coefficient (Wildman–Crippen LogP) is 8.88. The second kappa shape index (κ2) is 27.8. The number of phosphoric acid groups is 1. The van der Waals surface area contributed by atoms with Crippen molar-refractivity contribution in [1.29, 1.82) is 0 Å². The number of hydrogen-bond acceptors (Lipinski definition) is 4. The third kappa shape index (κ3) is 26.9. The minimum absolute atomic E-state index is 0. The van der Waals surface area contributed by atoms with Gasteiger partial charge in [-0.25, -0.2) is 0 Å². The summed E-state index contributed by atoms with van der Waals surface area (Å²) < 4.78 is 21.9. The van der Waals surface area contributed by atoms with Gasteiger partial charge in [0.15, 0.2) is 0 Å². The van der Waals surface area contributed by atoms with E-state index in [1.165, 1.54) is 44.9 Å². The smallest absolute Gasteiger partial charge is 0.756 e. The summed E-state index contributed by atoms with van der Waals surface area (Å²) in [5.74, 6) is 0.607. The summed E-state index contributed by atoms with van der Waals surface area (Å²) in [6, 6.07) is 0. The number of hydrogen-bond donors (Lipinski definition) is 0. The zero-order valence-electron chi connectivity index (χ0n) is 22.0. The van der Waals surface area contributed by atoms with Gasteiger partial charge in [0.25, 0.3) is 7.82 Å². The van der Waals surface area contributed by atoms with Gasteiger partial charge in [0.05, 0.1) is 13.2 Å². The maximum atomic E-state index is 11.8. The monoisotopic (exact) mass is 520 g/mol. The van der Waals surface area contributed by atoms with Crippen LogP contribution in [0.5, 0.6) is 0 Å². The largest absolute Gasteiger partial charge is 2.00 e. The molecule has 2 atom stereocenters. The molecule has 0 N–H and O–H groups in total. The first kappa shape index (κ1) is 37.2. The predicted molar refractivity (Wildman–Crippen MR) is 134 cm³/mol. The van der Waals surface area contributed by atoms with Crippen LogP contribution in [0.1, 0.15) is 137 Å². The summed E-state index contributed by atoms with van der Waals surface area (Å²) in [7, 11) is -4.14. The van der Waals surface area contributed by atoms with Crippen LogP contribution >= 0.6 is 7.82 Å². The fraction of sp³-hybridized carbons (Fsp3) is 0.962. The molecule has 0 saturated heterocycles. The summed E-state index contributed by atoms with van der Waals surface area (Å²) in [6.07, 6.45) is 19.3. The van der Waals surface area contributed by atoms with Crippen molar-refractivity contribution in [3.63, 3.8) is 0 Å². The third-order valence-corrected chi connectivity index (χ3v) is 6.81. The van der Waals surface area contributed by atoms with Crippen LogP contribution in [0.3, 0.4) is 0 Å². The van der Waals surface area contributed by atoms with E-state index in [0.29, 0.717) is 11.8 Å². The van der Waals surface area contributed by atoms with Gasteiger partial charge in [-0.2, -0.15) is 6.42 Å². The molecule has 0 saturated carbocycles. The van der Waals surface area contributed by atoms with Crippen molar-refractivity contribution in [2.75, 3.05) is 13.2 Å². The summed E-state index contributed by atoms with van der Waals surface area (Å²) in [5.41, 5.74) is 0. The van der Waals surface area contributed by atoms with Crippen molar-refractivity contribution < 1.29 is 35.0 Å². The molecule has 0 bridgehead atoms. The molecule has 0 aliphatic heterocycles. The molecule has 4 nitrogen and oxygen atoms in total. The number of unbranched alkanes of at least 4 members (excludes halogenated alkanes) is 9. The molecular weight excluding hydrogens is 466 g/mol. The SMILES string of the molecule is CCCCC(CC)COP(=O)([O-])OCC(CC)CCCC.[CH2-]CCCCCCCCC.[Ni+2]. The van der Waals surface area contributed by atoms with Gasteiger partial charge in [-0.1, -0.05) is 118 Å². The Bertz CT molecular complexity index is 364. The first-order valence-corrected chi connectivity index (χ1v) is 14.8. The van der Waals surface area contributed by atoms with Crippen LogP contribution in [-0.2, 0) is 30.1 Å². The van der Waals surface area contributed by atoms with Gasteiger partial charge < -0.3 is 20.9 Å². The topological polar surface area (TPSA) is 58.6 Å². The fourth-order valence-corrected chi connectivity index (χ4v) is 4.22. The van der Waals surface area contributed by atoms with Crippen molar-refractivity contribution in [1.82, 2.24) is 0 Å². The molecule has 0 aliphatic rings. The minimum atomic E-state index is -4.14. The Balaban J connectivity index is -0.000000646. The fourth-order valence-electron chi connectivity index (χ4n) is 3.36. The molecule has 6 heteroatoms. The van der Waals surface area contributed by atoms with E-state index in [9.17, 15) is 9.46 Å². The second-order valence-electron chi connectivity index (χ2n) is 8.85. The van der Waals surface area contributed by atoms with Crippen LogP contribution in [0.25, 0.3) is 0 Å². The maximum Gasteiger partial charge on any atom is 2.00 e. The van der Waals surface area contributed by atoms with Gasteiger partial charge in [-0.3, -0.25) is 4.57 Å². The minimum Gasteiger partial charge on any atom is -0.756 e. The molecule has 0 fully saturated rings. The quantitative estimate of drug-likeness (QED) is 0.0655. The molecule has 0 aromatic heterocycles. The van der Waals surface area contributed by atoms with Crippen LogP contribution < -0.4 is 4.89 Å². The standard InChI is InChI=1S/C16H35O4P.C10H21.Ni/c1-5-9-11-15(7-3)13-19-21(17,18)20-14-16(8-4)12-10-6-2;1-3-5-7-9-10-8-6-4-2;/h15-16H,5-14H2,1-4H3,(H,17,18);1,3-10H2,2H3;/q;-1;+2/p-1. The molecule has 198 valence electrons. The van der Waals surface area contributed by atoms with Crippen LogP contribution in [0.2, 0.25) is 0 Å². The zero-order valence-corrected chi connectivity index (χ0v) is 23.9. The summed E-state index contributed by atoms with van der Waals surface area (Å²) in [4.78, 5) is 11.8. The Morgan fingerprint density at radius 1 is 0.688 bits per heavy atom. The number of phosphoric ester groups is 1. The Morgan fingerprint density at radius 3 is 1.41 bits per heavy atom. The molecule has 0 rings (SSSR count). The Labute approximate surface area is 211 Å².